The molecule has 0 radical (unpaired) electrons. The number of thioether (sulfide) groups is 1. The van der Waals surface area contributed by atoms with Gasteiger partial charge in [0.15, 0.2) is 5.96 Å². The first kappa shape index (κ1) is 22.6. The Morgan fingerprint density at radius 1 is 1.15 bits per heavy atom. The molecule has 7 heteroatoms. The molecule has 0 spiro atoms. The molecule has 0 bridgehead atoms. The van der Waals surface area contributed by atoms with Crippen molar-refractivity contribution in [3.05, 3.63) is 54.2 Å². The summed E-state index contributed by atoms with van der Waals surface area (Å²) in [5.41, 5.74) is 1.15. The van der Waals surface area contributed by atoms with Gasteiger partial charge in [0, 0.05) is 44.0 Å². The highest BCUT2D eigenvalue weighted by Gasteiger charge is 2.01. The van der Waals surface area contributed by atoms with Crippen LogP contribution in [0.2, 0.25) is 0 Å². The Labute approximate surface area is 178 Å². The van der Waals surface area contributed by atoms with Crippen LogP contribution in [0.15, 0.2) is 58.5 Å². The van der Waals surface area contributed by atoms with Crippen molar-refractivity contribution in [1.29, 1.82) is 0 Å². The number of pyridine rings is 1. The molecule has 142 valence electrons. The predicted octanol–water partition coefficient (Wildman–Crippen LogP) is 3.61. The topological polar surface area (TPSA) is 52.6 Å². The summed E-state index contributed by atoms with van der Waals surface area (Å²) < 4.78 is 0. The Kier molecular flexibility index (Phi) is 11.1. The minimum Gasteiger partial charge on any atom is -0.363 e. The molecule has 0 amide bonds. The zero-order valence-corrected chi connectivity index (χ0v) is 18.8. The van der Waals surface area contributed by atoms with Crippen LogP contribution in [-0.4, -0.2) is 43.9 Å². The number of halogens is 1. The van der Waals surface area contributed by atoms with Crippen molar-refractivity contribution in [3.63, 3.8) is 0 Å². The van der Waals surface area contributed by atoms with E-state index in [2.05, 4.69) is 57.9 Å². The van der Waals surface area contributed by atoms with Crippen LogP contribution in [0.5, 0.6) is 0 Å². The summed E-state index contributed by atoms with van der Waals surface area (Å²) in [6.45, 7) is 4.42. The normalized spacial score (nSPS) is 10.8. The number of anilines is 1. The quantitative estimate of drug-likeness (QED) is 0.197. The second-order valence-corrected chi connectivity index (χ2v) is 6.87. The van der Waals surface area contributed by atoms with E-state index in [1.807, 2.05) is 49.1 Å². The summed E-state index contributed by atoms with van der Waals surface area (Å²) in [6, 6.07) is 14.5. The van der Waals surface area contributed by atoms with Gasteiger partial charge in [-0.05, 0) is 36.8 Å². The predicted molar refractivity (Wildman–Crippen MR) is 124 cm³/mol. The van der Waals surface area contributed by atoms with Gasteiger partial charge < -0.3 is 15.5 Å². The molecule has 0 aliphatic carbocycles. The molecule has 2 N–H and O–H groups in total. The number of rotatable bonds is 8. The average Bonchev–Trinajstić information content (AvgIpc) is 2.64. The average molecular weight is 485 g/mol. The van der Waals surface area contributed by atoms with E-state index in [4.69, 9.17) is 0 Å². The standard InChI is InChI=1S/C19H27N5S.HI/c1-4-20-19(22-12-13-25-17-8-6-5-7-9-17)23-15-16-10-11-21-18(14-16)24(2)3;/h5-11,14H,4,12-13,15H2,1-3H3,(H2,20,22,23);1H. The van der Waals surface area contributed by atoms with Crippen LogP contribution in [-0.2, 0) is 6.54 Å². The highest BCUT2D eigenvalue weighted by atomic mass is 127. The SMILES string of the molecule is CCNC(=NCc1ccnc(N(C)C)c1)NCCSc1ccccc1.I. The lowest BCUT2D eigenvalue weighted by Gasteiger charge is -2.13. The van der Waals surface area contributed by atoms with Gasteiger partial charge in [-0.1, -0.05) is 18.2 Å². The van der Waals surface area contributed by atoms with Gasteiger partial charge in [-0.25, -0.2) is 9.98 Å². The van der Waals surface area contributed by atoms with Crippen LogP contribution < -0.4 is 15.5 Å². The summed E-state index contributed by atoms with van der Waals surface area (Å²) in [5.74, 6) is 2.79. The molecule has 1 aromatic heterocycles. The molecule has 26 heavy (non-hydrogen) atoms. The molecular weight excluding hydrogens is 457 g/mol. The first-order valence-electron chi connectivity index (χ1n) is 8.51. The van der Waals surface area contributed by atoms with Gasteiger partial charge in [-0.15, -0.1) is 35.7 Å². The number of benzene rings is 1. The number of nitrogens with one attached hydrogen (secondary N) is 2. The van der Waals surface area contributed by atoms with Crippen LogP contribution >= 0.6 is 35.7 Å². The van der Waals surface area contributed by atoms with Gasteiger partial charge in [0.2, 0.25) is 0 Å². The smallest absolute Gasteiger partial charge is 0.191 e. The molecule has 2 rings (SSSR count). The van der Waals surface area contributed by atoms with E-state index < -0.39 is 0 Å². The largest absolute Gasteiger partial charge is 0.363 e. The van der Waals surface area contributed by atoms with Gasteiger partial charge in [0.1, 0.15) is 5.82 Å². The van der Waals surface area contributed by atoms with Crippen LogP contribution in [0.1, 0.15) is 12.5 Å². The number of hydrogen-bond donors (Lipinski definition) is 2. The van der Waals surface area contributed by atoms with Crippen LogP contribution in [0.25, 0.3) is 0 Å². The van der Waals surface area contributed by atoms with E-state index in [-0.39, 0.29) is 24.0 Å². The van der Waals surface area contributed by atoms with Gasteiger partial charge in [-0.3, -0.25) is 0 Å². The highest BCUT2D eigenvalue weighted by molar-refractivity contribution is 14.0. The molecule has 5 nitrogen and oxygen atoms in total. The van der Waals surface area contributed by atoms with Crippen LogP contribution in [0, 0.1) is 0 Å². The van der Waals surface area contributed by atoms with Gasteiger partial charge in [-0.2, -0.15) is 0 Å². The Morgan fingerprint density at radius 3 is 2.62 bits per heavy atom. The maximum Gasteiger partial charge on any atom is 0.191 e. The maximum atomic E-state index is 4.67. The van der Waals surface area contributed by atoms with E-state index in [9.17, 15) is 0 Å². The van der Waals surface area contributed by atoms with Gasteiger partial charge in [0.25, 0.3) is 0 Å². The zero-order valence-electron chi connectivity index (χ0n) is 15.6. The minimum absolute atomic E-state index is 0. The molecule has 0 aliphatic rings. The molecule has 0 saturated carbocycles. The van der Waals surface area contributed by atoms with Crippen molar-refractivity contribution >= 4 is 47.5 Å². The van der Waals surface area contributed by atoms with E-state index in [1.54, 1.807) is 0 Å². The lowest BCUT2D eigenvalue weighted by molar-refractivity contribution is 0.842. The number of aromatic nitrogens is 1. The zero-order chi connectivity index (χ0) is 17.9. The Morgan fingerprint density at radius 2 is 1.92 bits per heavy atom. The van der Waals surface area contributed by atoms with Gasteiger partial charge >= 0.3 is 0 Å². The summed E-state index contributed by atoms with van der Waals surface area (Å²) in [5, 5.41) is 6.68. The summed E-state index contributed by atoms with van der Waals surface area (Å²) >= 11 is 1.84. The van der Waals surface area contributed by atoms with Gasteiger partial charge in [0.05, 0.1) is 6.54 Å². The van der Waals surface area contributed by atoms with Crippen molar-refractivity contribution in [2.24, 2.45) is 4.99 Å². The molecule has 2 aromatic rings. The second kappa shape index (κ2) is 12.8. The number of hydrogen-bond acceptors (Lipinski definition) is 4. The fourth-order valence-electron chi connectivity index (χ4n) is 2.17. The fourth-order valence-corrected chi connectivity index (χ4v) is 2.96. The van der Waals surface area contributed by atoms with Crippen molar-refractivity contribution in [2.75, 3.05) is 37.8 Å². The monoisotopic (exact) mass is 485 g/mol. The summed E-state index contributed by atoms with van der Waals surface area (Å²) in [7, 11) is 3.98. The molecule has 0 fully saturated rings. The van der Waals surface area contributed by atoms with E-state index in [0.717, 1.165) is 36.2 Å². The Hall–Kier alpha value is -1.48. The molecular formula is C19H28IN5S. The maximum absolute atomic E-state index is 4.67. The second-order valence-electron chi connectivity index (χ2n) is 5.70. The van der Waals surface area contributed by atoms with Crippen LogP contribution in [0.3, 0.4) is 0 Å². The number of aliphatic imine (C=N–C) groups is 1. The molecule has 0 atom stereocenters. The third-order valence-electron chi connectivity index (χ3n) is 3.44. The van der Waals surface area contributed by atoms with Crippen molar-refractivity contribution < 1.29 is 0 Å². The van der Waals surface area contributed by atoms with E-state index in [0.29, 0.717) is 6.54 Å². The lowest BCUT2D eigenvalue weighted by atomic mass is 10.2. The summed E-state index contributed by atoms with van der Waals surface area (Å²) in [6.07, 6.45) is 1.83. The first-order valence-corrected chi connectivity index (χ1v) is 9.50. The fraction of sp³-hybridized carbons (Fsp3) is 0.368. The third kappa shape index (κ3) is 8.27. The Balaban J connectivity index is 0.00000338. The lowest BCUT2D eigenvalue weighted by Crippen LogP contribution is -2.38. The van der Waals surface area contributed by atoms with Crippen molar-refractivity contribution in [2.45, 2.75) is 18.4 Å². The third-order valence-corrected chi connectivity index (χ3v) is 4.45. The number of guanidine groups is 1. The van der Waals surface area contributed by atoms with E-state index >= 15 is 0 Å². The molecule has 0 aliphatic heterocycles. The summed E-state index contributed by atoms with van der Waals surface area (Å²) in [4.78, 5) is 12.3. The minimum atomic E-state index is 0. The van der Waals surface area contributed by atoms with Crippen LogP contribution in [0.4, 0.5) is 5.82 Å². The highest BCUT2D eigenvalue weighted by Crippen LogP contribution is 2.15. The number of nitrogens with zero attached hydrogens (tertiary/aromatic N) is 3. The molecule has 0 unspecified atom stereocenters. The Bertz CT molecular complexity index is 664. The molecule has 1 heterocycles. The van der Waals surface area contributed by atoms with Crippen molar-refractivity contribution in [3.8, 4) is 0 Å². The first-order chi connectivity index (χ1) is 12.2. The molecule has 0 saturated heterocycles. The molecule has 1 aromatic carbocycles. The van der Waals surface area contributed by atoms with Crippen molar-refractivity contribution in [1.82, 2.24) is 15.6 Å². The van der Waals surface area contributed by atoms with E-state index in [1.165, 1.54) is 4.90 Å².